The number of para-hydroxylation sites is 1. The average Bonchev–Trinajstić information content (AvgIpc) is 2.34. The van der Waals surface area contributed by atoms with Crippen LogP contribution < -0.4 is 4.90 Å². The van der Waals surface area contributed by atoms with E-state index in [0.717, 1.165) is 0 Å². The standard InChI is InChI=1S/C14H20FNO2/c1-4-8-16(9-10-18-3)14-12(11(2)17)6-5-7-13(14)15/h4-7,11,17H,1,8-10H2,2-3H3/t11-/m1/s1. The summed E-state index contributed by atoms with van der Waals surface area (Å²) in [7, 11) is 1.60. The Balaban J connectivity index is 3.12. The van der Waals surface area contributed by atoms with Gasteiger partial charge < -0.3 is 14.7 Å². The first-order valence-corrected chi connectivity index (χ1v) is 5.93. The third kappa shape index (κ3) is 3.55. The molecule has 1 aromatic rings. The molecule has 0 aliphatic carbocycles. The van der Waals surface area contributed by atoms with Gasteiger partial charge in [-0.05, 0) is 13.0 Å². The number of halogens is 1. The Morgan fingerprint density at radius 1 is 1.56 bits per heavy atom. The van der Waals surface area contributed by atoms with Crippen LogP contribution in [0.1, 0.15) is 18.6 Å². The molecule has 1 aromatic carbocycles. The third-order valence-electron chi connectivity index (χ3n) is 2.70. The zero-order valence-electron chi connectivity index (χ0n) is 10.9. The van der Waals surface area contributed by atoms with Crippen LogP contribution in [0.5, 0.6) is 0 Å². The molecule has 0 amide bonds. The summed E-state index contributed by atoms with van der Waals surface area (Å²) in [6, 6.07) is 4.72. The fraction of sp³-hybridized carbons (Fsp3) is 0.429. The van der Waals surface area contributed by atoms with Gasteiger partial charge in [0.15, 0.2) is 0 Å². The van der Waals surface area contributed by atoms with E-state index < -0.39 is 6.10 Å². The first-order chi connectivity index (χ1) is 8.61. The van der Waals surface area contributed by atoms with Gasteiger partial charge in [-0.3, -0.25) is 0 Å². The molecule has 0 spiro atoms. The SMILES string of the molecule is C=CCN(CCOC)c1c(F)cccc1[C@@H](C)O. The van der Waals surface area contributed by atoms with E-state index in [1.165, 1.54) is 6.07 Å². The van der Waals surface area contributed by atoms with E-state index in [0.29, 0.717) is 30.9 Å². The van der Waals surface area contributed by atoms with E-state index >= 15 is 0 Å². The number of rotatable bonds is 7. The number of hydrogen-bond donors (Lipinski definition) is 1. The second kappa shape index (κ2) is 7.13. The van der Waals surface area contributed by atoms with Crippen molar-refractivity contribution in [1.82, 2.24) is 0 Å². The highest BCUT2D eigenvalue weighted by atomic mass is 19.1. The predicted octanol–water partition coefficient (Wildman–Crippen LogP) is 2.52. The summed E-state index contributed by atoms with van der Waals surface area (Å²) < 4.78 is 19.0. The van der Waals surface area contributed by atoms with Crippen LogP contribution in [-0.2, 0) is 4.74 Å². The van der Waals surface area contributed by atoms with E-state index in [4.69, 9.17) is 4.74 Å². The van der Waals surface area contributed by atoms with Crippen LogP contribution in [0.15, 0.2) is 30.9 Å². The number of aliphatic hydroxyl groups is 1. The molecule has 3 nitrogen and oxygen atoms in total. The Kier molecular flexibility index (Phi) is 5.82. The maximum Gasteiger partial charge on any atom is 0.146 e. The highest BCUT2D eigenvalue weighted by molar-refractivity contribution is 5.56. The minimum atomic E-state index is -0.717. The van der Waals surface area contributed by atoms with Crippen molar-refractivity contribution in [3.8, 4) is 0 Å². The Hall–Kier alpha value is -1.39. The summed E-state index contributed by atoms with van der Waals surface area (Å²) in [6.07, 6.45) is 0.985. The second-order valence-corrected chi connectivity index (χ2v) is 4.08. The van der Waals surface area contributed by atoms with Crippen molar-refractivity contribution < 1.29 is 14.2 Å². The Bertz CT molecular complexity index is 393. The molecule has 0 bridgehead atoms. The number of methoxy groups -OCH3 is 1. The second-order valence-electron chi connectivity index (χ2n) is 4.08. The highest BCUT2D eigenvalue weighted by Gasteiger charge is 2.17. The maximum atomic E-state index is 14.0. The molecule has 0 heterocycles. The zero-order chi connectivity index (χ0) is 13.5. The fourth-order valence-electron chi connectivity index (χ4n) is 1.85. The van der Waals surface area contributed by atoms with Gasteiger partial charge in [0.05, 0.1) is 18.4 Å². The third-order valence-corrected chi connectivity index (χ3v) is 2.70. The van der Waals surface area contributed by atoms with Gasteiger partial charge in [-0.2, -0.15) is 0 Å². The monoisotopic (exact) mass is 253 g/mol. The molecule has 0 unspecified atom stereocenters. The lowest BCUT2D eigenvalue weighted by molar-refractivity contribution is 0.197. The van der Waals surface area contributed by atoms with Gasteiger partial charge in [0, 0.05) is 25.8 Å². The minimum Gasteiger partial charge on any atom is -0.389 e. The van der Waals surface area contributed by atoms with Crippen molar-refractivity contribution in [2.45, 2.75) is 13.0 Å². The molecule has 0 aromatic heterocycles. The molecule has 1 rings (SSSR count). The normalized spacial score (nSPS) is 12.2. The lowest BCUT2D eigenvalue weighted by Gasteiger charge is -2.27. The van der Waals surface area contributed by atoms with Crippen LogP contribution in [0.2, 0.25) is 0 Å². The minimum absolute atomic E-state index is 0.341. The highest BCUT2D eigenvalue weighted by Crippen LogP contribution is 2.29. The van der Waals surface area contributed by atoms with Crippen molar-refractivity contribution >= 4 is 5.69 Å². The average molecular weight is 253 g/mol. The number of anilines is 1. The molecule has 18 heavy (non-hydrogen) atoms. The molecule has 1 N–H and O–H groups in total. The van der Waals surface area contributed by atoms with Crippen molar-refractivity contribution in [3.63, 3.8) is 0 Å². The summed E-state index contributed by atoms with van der Waals surface area (Å²) in [5.41, 5.74) is 0.998. The van der Waals surface area contributed by atoms with Crippen LogP contribution in [0.25, 0.3) is 0 Å². The summed E-state index contributed by atoms with van der Waals surface area (Å²) in [5.74, 6) is -0.341. The van der Waals surface area contributed by atoms with Gasteiger partial charge in [-0.15, -0.1) is 6.58 Å². The number of benzene rings is 1. The van der Waals surface area contributed by atoms with E-state index in [-0.39, 0.29) is 5.82 Å². The number of hydrogen-bond acceptors (Lipinski definition) is 3. The Morgan fingerprint density at radius 3 is 2.83 bits per heavy atom. The molecule has 0 radical (unpaired) electrons. The van der Waals surface area contributed by atoms with E-state index in [2.05, 4.69) is 6.58 Å². The summed E-state index contributed by atoms with van der Waals surface area (Å²) in [5, 5.41) is 9.72. The number of nitrogens with zero attached hydrogens (tertiary/aromatic N) is 1. The van der Waals surface area contributed by atoms with Crippen LogP contribution in [-0.4, -0.2) is 31.9 Å². The summed E-state index contributed by atoms with van der Waals surface area (Å²) >= 11 is 0. The predicted molar refractivity (Wildman–Crippen MR) is 71.3 cm³/mol. The van der Waals surface area contributed by atoms with Crippen molar-refractivity contribution in [3.05, 3.63) is 42.2 Å². The summed E-state index contributed by atoms with van der Waals surface area (Å²) in [4.78, 5) is 1.81. The zero-order valence-corrected chi connectivity index (χ0v) is 10.9. The smallest absolute Gasteiger partial charge is 0.146 e. The van der Waals surface area contributed by atoms with Crippen LogP contribution >= 0.6 is 0 Å². The van der Waals surface area contributed by atoms with Gasteiger partial charge in [0.1, 0.15) is 5.82 Å². The number of ether oxygens (including phenoxy) is 1. The molecule has 0 saturated heterocycles. The van der Waals surface area contributed by atoms with Crippen molar-refractivity contribution in [1.29, 1.82) is 0 Å². The molecule has 100 valence electrons. The Labute approximate surface area is 107 Å². The lowest BCUT2D eigenvalue weighted by atomic mass is 10.1. The molecule has 0 saturated carbocycles. The fourth-order valence-corrected chi connectivity index (χ4v) is 1.85. The molecule has 0 aliphatic rings. The van der Waals surface area contributed by atoms with Crippen molar-refractivity contribution in [2.24, 2.45) is 0 Å². The topological polar surface area (TPSA) is 32.7 Å². The van der Waals surface area contributed by atoms with Gasteiger partial charge in [-0.1, -0.05) is 18.2 Å². The number of aliphatic hydroxyl groups excluding tert-OH is 1. The van der Waals surface area contributed by atoms with Crippen LogP contribution in [0.4, 0.5) is 10.1 Å². The van der Waals surface area contributed by atoms with Crippen LogP contribution in [0.3, 0.4) is 0 Å². The van der Waals surface area contributed by atoms with E-state index in [9.17, 15) is 9.50 Å². The van der Waals surface area contributed by atoms with Crippen LogP contribution in [0, 0.1) is 5.82 Å². The first-order valence-electron chi connectivity index (χ1n) is 5.93. The largest absolute Gasteiger partial charge is 0.389 e. The molecular weight excluding hydrogens is 233 g/mol. The van der Waals surface area contributed by atoms with E-state index in [1.807, 2.05) is 4.90 Å². The quantitative estimate of drug-likeness (QED) is 0.758. The maximum absolute atomic E-state index is 14.0. The lowest BCUT2D eigenvalue weighted by Crippen LogP contribution is -2.29. The van der Waals surface area contributed by atoms with Gasteiger partial charge in [-0.25, -0.2) is 4.39 Å². The van der Waals surface area contributed by atoms with E-state index in [1.54, 1.807) is 32.2 Å². The van der Waals surface area contributed by atoms with Crippen molar-refractivity contribution in [2.75, 3.05) is 31.7 Å². The first kappa shape index (κ1) is 14.7. The Morgan fingerprint density at radius 2 is 2.28 bits per heavy atom. The van der Waals surface area contributed by atoms with Gasteiger partial charge in [0.2, 0.25) is 0 Å². The van der Waals surface area contributed by atoms with Gasteiger partial charge in [0.25, 0.3) is 0 Å². The molecule has 1 atom stereocenters. The molecule has 0 aliphatic heterocycles. The molecular formula is C14H20FNO2. The molecule has 4 heteroatoms. The summed E-state index contributed by atoms with van der Waals surface area (Å²) in [6.45, 7) is 6.83. The molecule has 0 fully saturated rings. The van der Waals surface area contributed by atoms with Gasteiger partial charge >= 0.3 is 0 Å².